The van der Waals surface area contributed by atoms with E-state index in [0.29, 0.717) is 0 Å². The van der Waals surface area contributed by atoms with Gasteiger partial charge in [0.2, 0.25) is 0 Å². The van der Waals surface area contributed by atoms with Crippen LogP contribution in [0, 0.1) is 0 Å². The van der Waals surface area contributed by atoms with Crippen LogP contribution in [0.4, 0.5) is 0 Å². The van der Waals surface area contributed by atoms with Crippen LogP contribution < -0.4 is 5.56 Å². The minimum atomic E-state index is -1.02. The first-order chi connectivity index (χ1) is 6.04. The molecule has 70 valence electrons. The molecule has 1 aromatic rings. The normalized spacial score (nSPS) is 12.5. The van der Waals surface area contributed by atoms with Crippen LogP contribution in [0.25, 0.3) is 0 Å². The van der Waals surface area contributed by atoms with Crippen molar-refractivity contribution in [3.05, 3.63) is 28.4 Å². The molecule has 13 heavy (non-hydrogen) atoms. The largest absolute Gasteiger partial charge is 0.481 e. The van der Waals surface area contributed by atoms with Crippen LogP contribution >= 0.6 is 0 Å². The molecule has 1 aromatic heterocycles. The Kier molecular flexibility index (Phi) is 2.46. The summed E-state index contributed by atoms with van der Waals surface area (Å²) in [4.78, 5) is 25.7. The molecule has 0 amide bonds. The Hall–Kier alpha value is -1.65. The SMILES string of the molecule is CC(C(=O)O)c1cncn(C)c1=O. The molecule has 0 saturated heterocycles. The molecule has 0 aromatic carbocycles. The molecular weight excluding hydrogens is 172 g/mol. The predicted molar refractivity (Wildman–Crippen MR) is 45.5 cm³/mol. The fraction of sp³-hybridized carbons (Fsp3) is 0.375. The van der Waals surface area contributed by atoms with Crippen molar-refractivity contribution in [1.29, 1.82) is 0 Å². The summed E-state index contributed by atoms with van der Waals surface area (Å²) in [5.74, 6) is -1.84. The van der Waals surface area contributed by atoms with Gasteiger partial charge in [0.25, 0.3) is 5.56 Å². The third kappa shape index (κ3) is 1.74. The summed E-state index contributed by atoms with van der Waals surface area (Å²) in [5, 5.41) is 8.67. The predicted octanol–water partition coefficient (Wildman–Crippen LogP) is -0.0316. The van der Waals surface area contributed by atoms with E-state index >= 15 is 0 Å². The van der Waals surface area contributed by atoms with E-state index in [1.54, 1.807) is 0 Å². The van der Waals surface area contributed by atoms with E-state index in [9.17, 15) is 9.59 Å². The van der Waals surface area contributed by atoms with Crippen LogP contribution in [0.1, 0.15) is 18.4 Å². The first-order valence-electron chi connectivity index (χ1n) is 3.77. The molecule has 0 saturated carbocycles. The Morgan fingerprint density at radius 3 is 2.85 bits per heavy atom. The summed E-state index contributed by atoms with van der Waals surface area (Å²) in [5.41, 5.74) is -0.109. The average Bonchev–Trinajstić information content (AvgIpc) is 2.08. The molecule has 0 radical (unpaired) electrons. The Bertz CT molecular complexity index is 383. The van der Waals surface area contributed by atoms with E-state index in [1.807, 2.05) is 0 Å². The smallest absolute Gasteiger partial charge is 0.310 e. The number of aryl methyl sites for hydroxylation is 1. The van der Waals surface area contributed by atoms with Crippen LogP contribution in [0.5, 0.6) is 0 Å². The van der Waals surface area contributed by atoms with Gasteiger partial charge in [0.1, 0.15) is 0 Å². The summed E-state index contributed by atoms with van der Waals surface area (Å²) < 4.78 is 1.26. The first-order valence-corrected chi connectivity index (χ1v) is 3.77. The van der Waals surface area contributed by atoms with Crippen LogP contribution in [0.3, 0.4) is 0 Å². The molecule has 0 aliphatic rings. The highest BCUT2D eigenvalue weighted by Crippen LogP contribution is 2.08. The molecule has 1 heterocycles. The molecule has 1 unspecified atom stereocenters. The van der Waals surface area contributed by atoms with Gasteiger partial charge in [0, 0.05) is 18.8 Å². The number of carboxylic acid groups (broad SMARTS) is 1. The van der Waals surface area contributed by atoms with Crippen molar-refractivity contribution >= 4 is 5.97 Å². The zero-order chi connectivity index (χ0) is 10.0. The molecule has 1 N–H and O–H groups in total. The van der Waals surface area contributed by atoms with E-state index in [1.165, 1.54) is 31.1 Å². The highest BCUT2D eigenvalue weighted by atomic mass is 16.4. The zero-order valence-corrected chi connectivity index (χ0v) is 7.39. The Labute approximate surface area is 74.7 Å². The van der Waals surface area contributed by atoms with E-state index < -0.39 is 11.9 Å². The minimum Gasteiger partial charge on any atom is -0.481 e. The number of carboxylic acids is 1. The molecule has 0 bridgehead atoms. The van der Waals surface area contributed by atoms with E-state index in [0.717, 1.165) is 0 Å². The topological polar surface area (TPSA) is 72.2 Å². The number of aliphatic carboxylic acids is 1. The fourth-order valence-corrected chi connectivity index (χ4v) is 0.955. The number of aromatic nitrogens is 2. The fourth-order valence-electron chi connectivity index (χ4n) is 0.955. The van der Waals surface area contributed by atoms with E-state index in [4.69, 9.17) is 5.11 Å². The number of carbonyl (C=O) groups is 1. The van der Waals surface area contributed by atoms with Crippen LogP contribution in [-0.2, 0) is 11.8 Å². The second kappa shape index (κ2) is 3.38. The molecule has 1 rings (SSSR count). The van der Waals surface area contributed by atoms with Crippen molar-refractivity contribution < 1.29 is 9.90 Å². The summed E-state index contributed by atoms with van der Waals surface area (Å²) in [6.45, 7) is 1.46. The van der Waals surface area contributed by atoms with Crippen molar-refractivity contribution in [1.82, 2.24) is 9.55 Å². The first kappa shape index (κ1) is 9.44. The summed E-state index contributed by atoms with van der Waals surface area (Å²) in [6.07, 6.45) is 2.64. The lowest BCUT2D eigenvalue weighted by molar-refractivity contribution is -0.138. The number of hydrogen-bond donors (Lipinski definition) is 1. The maximum Gasteiger partial charge on any atom is 0.310 e. The van der Waals surface area contributed by atoms with Gasteiger partial charge in [-0.3, -0.25) is 9.59 Å². The maximum atomic E-state index is 11.4. The van der Waals surface area contributed by atoms with Gasteiger partial charge in [0.05, 0.1) is 12.2 Å². The highest BCUT2D eigenvalue weighted by Gasteiger charge is 2.17. The van der Waals surface area contributed by atoms with Crippen molar-refractivity contribution in [3.63, 3.8) is 0 Å². The quantitative estimate of drug-likeness (QED) is 0.697. The Balaban J connectivity index is 3.23. The molecule has 5 heteroatoms. The van der Waals surface area contributed by atoms with Crippen molar-refractivity contribution in [2.75, 3.05) is 0 Å². The van der Waals surface area contributed by atoms with Crippen LogP contribution in [0.2, 0.25) is 0 Å². The Morgan fingerprint density at radius 1 is 1.69 bits per heavy atom. The molecule has 5 nitrogen and oxygen atoms in total. The monoisotopic (exact) mass is 182 g/mol. The van der Waals surface area contributed by atoms with Gasteiger partial charge in [-0.2, -0.15) is 0 Å². The van der Waals surface area contributed by atoms with Gasteiger partial charge in [-0.05, 0) is 6.92 Å². The van der Waals surface area contributed by atoms with Gasteiger partial charge in [-0.15, -0.1) is 0 Å². The van der Waals surface area contributed by atoms with Crippen LogP contribution in [0.15, 0.2) is 17.3 Å². The van der Waals surface area contributed by atoms with Gasteiger partial charge >= 0.3 is 5.97 Å². The summed E-state index contributed by atoms with van der Waals surface area (Å²) in [7, 11) is 1.54. The van der Waals surface area contributed by atoms with Gasteiger partial charge in [0.15, 0.2) is 0 Å². The maximum absolute atomic E-state index is 11.4. The lowest BCUT2D eigenvalue weighted by Gasteiger charge is -2.05. The molecule has 0 aliphatic heterocycles. The van der Waals surface area contributed by atoms with Gasteiger partial charge in [-0.25, -0.2) is 4.98 Å². The lowest BCUT2D eigenvalue weighted by atomic mass is 10.1. The van der Waals surface area contributed by atoms with E-state index in [2.05, 4.69) is 4.98 Å². The number of nitrogens with zero attached hydrogens (tertiary/aromatic N) is 2. The van der Waals surface area contributed by atoms with Gasteiger partial charge < -0.3 is 9.67 Å². The highest BCUT2D eigenvalue weighted by molar-refractivity contribution is 5.75. The second-order valence-electron chi connectivity index (χ2n) is 2.82. The third-order valence-electron chi connectivity index (χ3n) is 1.86. The van der Waals surface area contributed by atoms with Crippen molar-refractivity contribution in [3.8, 4) is 0 Å². The Morgan fingerprint density at radius 2 is 2.31 bits per heavy atom. The van der Waals surface area contributed by atoms with Crippen LogP contribution in [-0.4, -0.2) is 20.6 Å². The molecule has 0 fully saturated rings. The second-order valence-corrected chi connectivity index (χ2v) is 2.82. The van der Waals surface area contributed by atoms with E-state index in [-0.39, 0.29) is 11.1 Å². The lowest BCUT2D eigenvalue weighted by Crippen LogP contribution is -2.25. The van der Waals surface area contributed by atoms with Crippen molar-refractivity contribution in [2.45, 2.75) is 12.8 Å². The number of rotatable bonds is 2. The molecular formula is C8H10N2O3. The standard InChI is InChI=1S/C8H10N2O3/c1-5(8(12)13)6-3-9-4-10(2)7(6)11/h3-5H,1-2H3,(H,12,13). The van der Waals surface area contributed by atoms with Gasteiger partial charge in [-0.1, -0.05) is 0 Å². The molecule has 0 spiro atoms. The summed E-state index contributed by atoms with van der Waals surface area (Å²) >= 11 is 0. The third-order valence-corrected chi connectivity index (χ3v) is 1.86. The summed E-state index contributed by atoms with van der Waals surface area (Å²) in [6, 6.07) is 0. The number of hydrogen-bond acceptors (Lipinski definition) is 3. The molecule has 1 atom stereocenters. The van der Waals surface area contributed by atoms with Crippen molar-refractivity contribution in [2.24, 2.45) is 7.05 Å². The molecule has 0 aliphatic carbocycles. The zero-order valence-electron chi connectivity index (χ0n) is 7.39. The minimum absolute atomic E-state index is 0.206. The average molecular weight is 182 g/mol.